The average Bonchev–Trinajstić information content (AvgIpc) is 3.10. The number of hydrogen-bond acceptors (Lipinski definition) is 11. The Morgan fingerprint density at radius 3 is 2.63 bits per heavy atom. The lowest BCUT2D eigenvalue weighted by Gasteiger charge is -2.43. The number of carbonyl (C=O) groups excluding carboxylic acids is 4. The Morgan fingerprint density at radius 1 is 1.33 bits per heavy atom. The van der Waals surface area contributed by atoms with Crippen molar-refractivity contribution in [2.24, 2.45) is 0 Å². The van der Waals surface area contributed by atoms with Gasteiger partial charge in [-0.15, -0.1) is 16.9 Å². The number of nitrogens with zero attached hydrogens (tertiary/aromatic N) is 4. The number of aromatic nitrogens is 3. The zero-order valence-electron chi connectivity index (χ0n) is 15.9. The second-order valence-electron chi connectivity index (χ2n) is 5.98. The van der Waals surface area contributed by atoms with Gasteiger partial charge in [0.1, 0.15) is 18.8 Å². The minimum absolute atomic E-state index is 0.00775. The summed E-state index contributed by atoms with van der Waals surface area (Å²) < 4.78 is 43.0. The largest absolute Gasteiger partial charge is 0.468 e. The molecule has 0 spiro atoms. The third-order valence-corrected chi connectivity index (χ3v) is 5.79. The molecule has 0 aliphatic carbocycles. The molecule has 2 amide bonds. The Labute approximate surface area is 175 Å². The molecule has 14 nitrogen and oxygen atoms in total. The summed E-state index contributed by atoms with van der Waals surface area (Å²) in [6.45, 7) is 0.626. The smallest absolute Gasteiger partial charge is 0.362 e. The van der Waals surface area contributed by atoms with Gasteiger partial charge in [0.2, 0.25) is 5.91 Å². The molecule has 0 saturated carbocycles. The first-order valence-corrected chi connectivity index (χ1v) is 10.9. The van der Waals surface area contributed by atoms with Crippen LogP contribution in [-0.4, -0.2) is 87.2 Å². The van der Waals surface area contributed by atoms with Crippen LogP contribution in [0.5, 0.6) is 0 Å². The van der Waals surface area contributed by atoms with Gasteiger partial charge in [0.15, 0.2) is 6.04 Å². The van der Waals surface area contributed by atoms with Crippen molar-refractivity contribution in [3.8, 4) is 0 Å². The summed E-state index contributed by atoms with van der Waals surface area (Å²) in [7, 11) is -3.60. The van der Waals surface area contributed by atoms with Crippen LogP contribution in [0.1, 0.15) is 18.7 Å². The lowest BCUT2D eigenvalue weighted by Crippen LogP contribution is -2.64. The van der Waals surface area contributed by atoms with E-state index in [0.717, 1.165) is 16.4 Å². The van der Waals surface area contributed by atoms with E-state index in [1.165, 1.54) is 20.2 Å². The van der Waals surface area contributed by atoms with E-state index in [0.29, 0.717) is 4.31 Å². The molecular weight excluding hydrogens is 446 g/mol. The van der Waals surface area contributed by atoms with Gasteiger partial charge in [-0.05, 0) is 0 Å². The zero-order chi connectivity index (χ0) is 22.5. The second-order valence-corrected chi connectivity index (χ2v) is 8.29. The topological polar surface area (TPSA) is 187 Å². The van der Waals surface area contributed by atoms with Crippen LogP contribution in [0.3, 0.4) is 0 Å². The van der Waals surface area contributed by atoms with Crippen molar-refractivity contribution in [1.82, 2.24) is 24.6 Å². The van der Waals surface area contributed by atoms with Crippen molar-refractivity contribution in [3.05, 3.63) is 11.9 Å². The third-order valence-electron chi connectivity index (χ3n) is 3.83. The number of carbonyl (C=O) groups is 4. The standard InChI is InChI=1S/C14H19N5O9S2/c1-8(20)15-3-11(21)28-5-9-4-18(17-16-9)13-10(6-29-7-12(22)27-2)19(14(13)23)30(24,25)26/h4,10,13H,3,5-7H2,1-2H3,(H,15,20)(H,24,25,26)/t10-,13-/m0/s1. The summed E-state index contributed by atoms with van der Waals surface area (Å²) in [5, 5.41) is 9.76. The van der Waals surface area contributed by atoms with Gasteiger partial charge in [-0.1, -0.05) is 5.21 Å². The quantitative estimate of drug-likeness (QED) is 0.218. The van der Waals surface area contributed by atoms with Crippen LogP contribution in [0.25, 0.3) is 0 Å². The van der Waals surface area contributed by atoms with E-state index in [1.807, 2.05) is 0 Å². The number of nitrogens with one attached hydrogen (secondary N) is 1. The molecule has 0 unspecified atom stereocenters. The van der Waals surface area contributed by atoms with Gasteiger partial charge in [0, 0.05) is 12.7 Å². The number of methoxy groups -OCH3 is 1. The molecule has 2 atom stereocenters. The maximum atomic E-state index is 12.3. The van der Waals surface area contributed by atoms with Crippen molar-refractivity contribution in [2.45, 2.75) is 25.6 Å². The zero-order valence-corrected chi connectivity index (χ0v) is 17.5. The van der Waals surface area contributed by atoms with Crippen LogP contribution in [0.2, 0.25) is 0 Å². The van der Waals surface area contributed by atoms with Crippen LogP contribution in [0, 0.1) is 0 Å². The Morgan fingerprint density at radius 2 is 2.03 bits per heavy atom. The average molecular weight is 465 g/mol. The lowest BCUT2D eigenvalue weighted by molar-refractivity contribution is -0.145. The van der Waals surface area contributed by atoms with Gasteiger partial charge in [-0.2, -0.15) is 8.42 Å². The SMILES string of the molecule is COC(=O)CSC[C@H]1[C@H](n2cc(COC(=O)CNC(C)=O)nn2)C(=O)N1S(=O)(=O)O. The van der Waals surface area contributed by atoms with Gasteiger partial charge >= 0.3 is 22.2 Å². The minimum Gasteiger partial charge on any atom is -0.468 e. The molecule has 1 aromatic rings. The first kappa shape index (κ1) is 23.6. The molecular formula is C14H19N5O9S2. The number of β-lactam (4-membered cyclic amide) rings is 1. The Bertz CT molecular complexity index is 932. The van der Waals surface area contributed by atoms with Crippen molar-refractivity contribution in [1.29, 1.82) is 0 Å². The van der Waals surface area contributed by atoms with Crippen LogP contribution in [-0.2, 0) is 45.6 Å². The first-order chi connectivity index (χ1) is 14.0. The van der Waals surface area contributed by atoms with E-state index in [1.54, 1.807) is 0 Å². The molecule has 166 valence electrons. The summed E-state index contributed by atoms with van der Waals surface area (Å²) in [6.07, 6.45) is 1.29. The summed E-state index contributed by atoms with van der Waals surface area (Å²) in [5.41, 5.74) is 0.172. The summed E-state index contributed by atoms with van der Waals surface area (Å²) >= 11 is 1.01. The number of ether oxygens (including phenoxy) is 2. The summed E-state index contributed by atoms with van der Waals surface area (Å²) in [4.78, 5) is 45.7. The van der Waals surface area contributed by atoms with E-state index in [4.69, 9.17) is 4.74 Å². The van der Waals surface area contributed by atoms with Crippen LogP contribution >= 0.6 is 11.8 Å². The highest BCUT2D eigenvalue weighted by atomic mass is 32.2. The predicted octanol–water partition coefficient (Wildman–Crippen LogP) is -2.08. The second kappa shape index (κ2) is 9.86. The molecule has 1 aliphatic rings. The van der Waals surface area contributed by atoms with Crippen molar-refractivity contribution in [3.63, 3.8) is 0 Å². The third kappa shape index (κ3) is 5.90. The maximum absolute atomic E-state index is 12.3. The van der Waals surface area contributed by atoms with Crippen LogP contribution in [0.15, 0.2) is 6.20 Å². The number of esters is 2. The van der Waals surface area contributed by atoms with E-state index < -0.39 is 46.1 Å². The fraction of sp³-hybridized carbons (Fsp3) is 0.571. The van der Waals surface area contributed by atoms with E-state index in [-0.39, 0.29) is 30.4 Å². The molecule has 30 heavy (non-hydrogen) atoms. The number of rotatable bonds is 10. The normalized spacial score (nSPS) is 18.5. The molecule has 1 fully saturated rings. The number of hydrogen-bond donors (Lipinski definition) is 2. The fourth-order valence-electron chi connectivity index (χ4n) is 2.48. The fourth-order valence-corrected chi connectivity index (χ4v) is 4.41. The molecule has 16 heteroatoms. The van der Waals surface area contributed by atoms with Crippen molar-refractivity contribution < 1.29 is 41.6 Å². The highest BCUT2D eigenvalue weighted by Gasteiger charge is 2.54. The van der Waals surface area contributed by atoms with Gasteiger partial charge in [-0.3, -0.25) is 23.7 Å². The van der Waals surface area contributed by atoms with Gasteiger partial charge in [0.25, 0.3) is 5.91 Å². The monoisotopic (exact) mass is 465 g/mol. The minimum atomic E-state index is -4.80. The molecule has 2 heterocycles. The molecule has 2 rings (SSSR count). The van der Waals surface area contributed by atoms with Crippen LogP contribution < -0.4 is 5.32 Å². The van der Waals surface area contributed by atoms with Gasteiger partial charge in [-0.25, -0.2) is 8.99 Å². The first-order valence-electron chi connectivity index (χ1n) is 8.30. The van der Waals surface area contributed by atoms with Crippen molar-refractivity contribution in [2.75, 3.05) is 25.2 Å². The van der Waals surface area contributed by atoms with Gasteiger partial charge < -0.3 is 14.8 Å². The molecule has 1 saturated heterocycles. The molecule has 0 aromatic carbocycles. The molecule has 0 bridgehead atoms. The number of amides is 2. The Hall–Kier alpha value is -2.72. The van der Waals surface area contributed by atoms with Crippen LogP contribution in [0.4, 0.5) is 0 Å². The Balaban J connectivity index is 2.03. The maximum Gasteiger partial charge on any atom is 0.362 e. The predicted molar refractivity (Wildman–Crippen MR) is 99.1 cm³/mol. The van der Waals surface area contributed by atoms with Crippen molar-refractivity contribution >= 4 is 45.8 Å². The molecule has 1 aliphatic heterocycles. The van der Waals surface area contributed by atoms with E-state index in [2.05, 4.69) is 20.4 Å². The van der Waals surface area contributed by atoms with Gasteiger partial charge in [0.05, 0.1) is 25.1 Å². The molecule has 2 N–H and O–H groups in total. The highest BCUT2D eigenvalue weighted by Crippen LogP contribution is 2.35. The molecule has 0 radical (unpaired) electrons. The summed E-state index contributed by atoms with van der Waals surface area (Å²) in [6, 6.07) is -2.10. The van der Waals surface area contributed by atoms with E-state index >= 15 is 0 Å². The molecule has 1 aromatic heterocycles. The summed E-state index contributed by atoms with van der Waals surface area (Å²) in [5.74, 6) is -2.67. The highest BCUT2D eigenvalue weighted by molar-refractivity contribution is 8.00. The number of thioether (sulfide) groups is 1. The Kier molecular flexibility index (Phi) is 7.74. The lowest BCUT2D eigenvalue weighted by atomic mass is 10.0. The van der Waals surface area contributed by atoms with E-state index in [9.17, 15) is 32.1 Å².